The molecule has 2 N–H and O–H groups in total. The molecule has 2 nitrogen and oxygen atoms in total. The molecule has 0 amide bonds. The third-order valence-electron chi connectivity index (χ3n) is 2.35. The fourth-order valence-corrected chi connectivity index (χ4v) is 2.60. The molecule has 14 heavy (non-hydrogen) atoms. The van der Waals surface area contributed by atoms with Crippen molar-refractivity contribution in [1.82, 2.24) is 0 Å². The zero-order chi connectivity index (χ0) is 9.80. The van der Waals surface area contributed by atoms with Gasteiger partial charge in [-0.05, 0) is 48.6 Å². The summed E-state index contributed by atoms with van der Waals surface area (Å²) in [6.45, 7) is 0. The smallest absolute Gasteiger partial charge is 0.119 e. The zero-order valence-electron chi connectivity index (χ0n) is 8.11. The lowest BCUT2D eigenvalue weighted by molar-refractivity contribution is 0.192. The summed E-state index contributed by atoms with van der Waals surface area (Å²) < 4.78 is 5.84. The molecule has 1 aromatic carbocycles. The first-order chi connectivity index (χ1) is 6.84. The van der Waals surface area contributed by atoms with Crippen LogP contribution in [0.4, 0.5) is 5.69 Å². The van der Waals surface area contributed by atoms with Crippen LogP contribution < -0.4 is 10.5 Å². The van der Waals surface area contributed by atoms with Crippen molar-refractivity contribution >= 4 is 17.4 Å². The monoisotopic (exact) mass is 209 g/mol. The largest absolute Gasteiger partial charge is 0.490 e. The summed E-state index contributed by atoms with van der Waals surface area (Å²) in [5.74, 6) is 3.38. The highest BCUT2D eigenvalue weighted by atomic mass is 32.2. The number of anilines is 1. The second-order valence-electron chi connectivity index (χ2n) is 3.50. The van der Waals surface area contributed by atoms with Gasteiger partial charge in [0.15, 0.2) is 0 Å². The van der Waals surface area contributed by atoms with Gasteiger partial charge in [0.1, 0.15) is 11.9 Å². The van der Waals surface area contributed by atoms with Gasteiger partial charge in [0, 0.05) is 5.69 Å². The number of benzene rings is 1. The van der Waals surface area contributed by atoms with Crippen molar-refractivity contribution in [1.29, 1.82) is 0 Å². The first-order valence-electron chi connectivity index (χ1n) is 4.94. The van der Waals surface area contributed by atoms with Crippen LogP contribution in [0, 0.1) is 0 Å². The van der Waals surface area contributed by atoms with E-state index in [0.717, 1.165) is 24.3 Å². The van der Waals surface area contributed by atoms with Crippen LogP contribution in [0.1, 0.15) is 12.8 Å². The maximum absolute atomic E-state index is 5.84. The van der Waals surface area contributed by atoms with Crippen molar-refractivity contribution in [3.05, 3.63) is 24.3 Å². The van der Waals surface area contributed by atoms with Crippen molar-refractivity contribution in [3.63, 3.8) is 0 Å². The minimum Gasteiger partial charge on any atom is -0.490 e. The SMILES string of the molecule is Nc1ccc(OC2CCSCC2)cc1. The van der Waals surface area contributed by atoms with E-state index in [9.17, 15) is 0 Å². The fourth-order valence-electron chi connectivity index (χ4n) is 1.53. The van der Waals surface area contributed by atoms with E-state index in [1.807, 2.05) is 36.0 Å². The van der Waals surface area contributed by atoms with Crippen molar-refractivity contribution in [2.24, 2.45) is 0 Å². The first kappa shape index (κ1) is 9.71. The molecule has 1 fully saturated rings. The number of thioether (sulfide) groups is 1. The lowest BCUT2D eigenvalue weighted by atomic mass is 10.2. The Balaban J connectivity index is 1.92. The van der Waals surface area contributed by atoms with Crippen molar-refractivity contribution < 1.29 is 4.74 Å². The van der Waals surface area contributed by atoms with Crippen LogP contribution >= 0.6 is 11.8 Å². The summed E-state index contributed by atoms with van der Waals surface area (Å²) in [7, 11) is 0. The minimum atomic E-state index is 0.403. The average Bonchev–Trinajstić information content (AvgIpc) is 2.23. The Morgan fingerprint density at radius 3 is 2.43 bits per heavy atom. The normalized spacial score (nSPS) is 18.0. The van der Waals surface area contributed by atoms with E-state index in [1.54, 1.807) is 0 Å². The Bertz CT molecular complexity index is 280. The molecule has 0 atom stereocenters. The second-order valence-corrected chi connectivity index (χ2v) is 4.72. The van der Waals surface area contributed by atoms with E-state index < -0.39 is 0 Å². The molecule has 76 valence electrons. The van der Waals surface area contributed by atoms with E-state index >= 15 is 0 Å². The van der Waals surface area contributed by atoms with Crippen LogP contribution in [0.3, 0.4) is 0 Å². The van der Waals surface area contributed by atoms with Crippen LogP contribution in [0.25, 0.3) is 0 Å². The van der Waals surface area contributed by atoms with Crippen molar-refractivity contribution in [2.75, 3.05) is 17.2 Å². The van der Waals surface area contributed by atoms with Crippen LogP contribution in [-0.4, -0.2) is 17.6 Å². The first-order valence-corrected chi connectivity index (χ1v) is 6.10. The molecule has 0 aromatic heterocycles. The van der Waals surface area contributed by atoms with E-state index in [0.29, 0.717) is 6.10 Å². The van der Waals surface area contributed by atoms with Crippen molar-refractivity contribution in [3.8, 4) is 5.75 Å². The van der Waals surface area contributed by atoms with E-state index in [-0.39, 0.29) is 0 Å². The number of nitrogens with two attached hydrogens (primary N) is 1. The van der Waals surface area contributed by atoms with Gasteiger partial charge in [0.2, 0.25) is 0 Å². The number of rotatable bonds is 2. The Morgan fingerprint density at radius 2 is 1.79 bits per heavy atom. The van der Waals surface area contributed by atoms with Gasteiger partial charge in [-0.2, -0.15) is 11.8 Å². The highest BCUT2D eigenvalue weighted by Crippen LogP contribution is 2.23. The molecule has 3 heteroatoms. The van der Waals surface area contributed by atoms with Crippen LogP contribution in [0.5, 0.6) is 5.75 Å². The van der Waals surface area contributed by atoms with Gasteiger partial charge in [0.25, 0.3) is 0 Å². The highest BCUT2D eigenvalue weighted by molar-refractivity contribution is 7.99. The molecule has 0 spiro atoms. The summed E-state index contributed by atoms with van der Waals surface area (Å²) in [6, 6.07) is 7.65. The zero-order valence-corrected chi connectivity index (χ0v) is 8.93. The number of nitrogen functional groups attached to an aromatic ring is 1. The van der Waals surface area contributed by atoms with Gasteiger partial charge in [-0.25, -0.2) is 0 Å². The molecule has 0 bridgehead atoms. The molecule has 1 aliphatic heterocycles. The lowest BCUT2D eigenvalue weighted by Crippen LogP contribution is -2.21. The number of ether oxygens (including phenoxy) is 1. The molecule has 1 saturated heterocycles. The Morgan fingerprint density at radius 1 is 1.14 bits per heavy atom. The molecular formula is C11H15NOS. The average molecular weight is 209 g/mol. The molecule has 1 aromatic rings. The van der Waals surface area contributed by atoms with E-state index in [1.165, 1.54) is 11.5 Å². The minimum absolute atomic E-state index is 0.403. The van der Waals surface area contributed by atoms with Gasteiger partial charge in [-0.1, -0.05) is 0 Å². The standard InChI is InChI=1S/C11H15NOS/c12-9-1-3-10(4-2-9)13-11-5-7-14-8-6-11/h1-4,11H,5-8,12H2. The third-order valence-corrected chi connectivity index (χ3v) is 3.40. The predicted molar refractivity (Wildman–Crippen MR) is 61.8 cm³/mol. The van der Waals surface area contributed by atoms with E-state index in [2.05, 4.69) is 0 Å². The van der Waals surface area contributed by atoms with E-state index in [4.69, 9.17) is 10.5 Å². The Hall–Kier alpha value is -0.830. The molecule has 0 aliphatic carbocycles. The van der Waals surface area contributed by atoms with Gasteiger partial charge < -0.3 is 10.5 Å². The molecular weight excluding hydrogens is 194 g/mol. The molecule has 2 rings (SSSR count). The highest BCUT2D eigenvalue weighted by Gasteiger charge is 2.14. The lowest BCUT2D eigenvalue weighted by Gasteiger charge is -2.22. The predicted octanol–water partition coefficient (Wildman–Crippen LogP) is 2.54. The Labute approximate surface area is 88.8 Å². The van der Waals surface area contributed by atoms with Gasteiger partial charge in [-0.15, -0.1) is 0 Å². The van der Waals surface area contributed by atoms with Crippen LogP contribution in [-0.2, 0) is 0 Å². The molecule has 1 heterocycles. The summed E-state index contributed by atoms with van der Waals surface area (Å²) in [5, 5.41) is 0. The second kappa shape index (κ2) is 4.60. The molecule has 0 saturated carbocycles. The van der Waals surface area contributed by atoms with Gasteiger partial charge >= 0.3 is 0 Å². The fraction of sp³-hybridized carbons (Fsp3) is 0.455. The topological polar surface area (TPSA) is 35.2 Å². The summed E-state index contributed by atoms with van der Waals surface area (Å²) in [4.78, 5) is 0. The van der Waals surface area contributed by atoms with Crippen LogP contribution in [0.15, 0.2) is 24.3 Å². The van der Waals surface area contributed by atoms with Gasteiger partial charge in [0.05, 0.1) is 0 Å². The molecule has 0 unspecified atom stereocenters. The van der Waals surface area contributed by atoms with Gasteiger partial charge in [-0.3, -0.25) is 0 Å². The maximum Gasteiger partial charge on any atom is 0.119 e. The Kier molecular flexibility index (Phi) is 3.19. The summed E-state index contributed by atoms with van der Waals surface area (Å²) in [5.41, 5.74) is 6.39. The summed E-state index contributed by atoms with van der Waals surface area (Å²) >= 11 is 2.01. The molecule has 1 aliphatic rings. The summed E-state index contributed by atoms with van der Waals surface area (Å²) in [6.07, 6.45) is 2.73. The van der Waals surface area contributed by atoms with Crippen LogP contribution in [0.2, 0.25) is 0 Å². The number of hydrogen-bond donors (Lipinski definition) is 1. The number of hydrogen-bond acceptors (Lipinski definition) is 3. The third kappa shape index (κ3) is 2.58. The maximum atomic E-state index is 5.84. The van der Waals surface area contributed by atoms with Crippen molar-refractivity contribution in [2.45, 2.75) is 18.9 Å². The quantitative estimate of drug-likeness (QED) is 0.760. The molecule has 0 radical (unpaired) electrons.